The largest absolute Gasteiger partial charge is 0.493 e. The van der Waals surface area contributed by atoms with Crippen LogP contribution in [0.25, 0.3) is 0 Å². The fourth-order valence-electron chi connectivity index (χ4n) is 2.15. The lowest BCUT2D eigenvalue weighted by atomic mass is 10.1. The third-order valence-corrected chi connectivity index (χ3v) is 5.36. The van der Waals surface area contributed by atoms with E-state index in [1.807, 2.05) is 0 Å². The number of aromatic carboxylic acids is 1. The zero-order valence-electron chi connectivity index (χ0n) is 14.6. The van der Waals surface area contributed by atoms with Crippen LogP contribution in [0.5, 0.6) is 11.5 Å². The van der Waals surface area contributed by atoms with E-state index in [0.717, 1.165) is 0 Å². The fourth-order valence-corrected chi connectivity index (χ4v) is 3.48. The van der Waals surface area contributed by atoms with Crippen molar-refractivity contribution in [2.45, 2.75) is 4.90 Å². The van der Waals surface area contributed by atoms with Gasteiger partial charge in [0.2, 0.25) is 0 Å². The van der Waals surface area contributed by atoms with Gasteiger partial charge in [0, 0.05) is 23.7 Å². The average Bonchev–Trinajstić information content (AvgIpc) is 2.62. The van der Waals surface area contributed by atoms with Crippen LogP contribution in [0.2, 0.25) is 0 Å². The van der Waals surface area contributed by atoms with Gasteiger partial charge in [-0.25, -0.2) is 13.2 Å². The van der Waals surface area contributed by atoms with Crippen LogP contribution in [-0.2, 0) is 14.8 Å². The molecule has 0 atom stereocenters. The Balaban J connectivity index is 2.44. The first-order chi connectivity index (χ1) is 12.8. The van der Waals surface area contributed by atoms with E-state index in [9.17, 15) is 18.3 Å². The number of methoxy groups -OCH3 is 2. The lowest BCUT2D eigenvalue weighted by Crippen LogP contribution is -2.16. The maximum atomic E-state index is 12.6. The summed E-state index contributed by atoms with van der Waals surface area (Å²) < 4.78 is 43.8. The molecule has 0 bridgehead atoms. The van der Waals surface area contributed by atoms with Gasteiger partial charge >= 0.3 is 5.97 Å². The standard InChI is InChI=1S/C17H18BrNO7S/c1-24-7-8-26-16-10-14(13(17(20)21)9-15(16)25-2)19-27(22,23)12-5-3-11(18)4-6-12/h3-6,9-10,19H,7-8H2,1-2H3,(H,20,21). The van der Waals surface area contributed by atoms with Crippen molar-refractivity contribution in [2.24, 2.45) is 0 Å². The Kier molecular flexibility index (Phi) is 7.05. The molecule has 0 radical (unpaired) electrons. The van der Waals surface area contributed by atoms with Gasteiger partial charge in [-0.15, -0.1) is 0 Å². The predicted octanol–water partition coefficient (Wildman–Crippen LogP) is 2.98. The maximum Gasteiger partial charge on any atom is 0.337 e. The summed E-state index contributed by atoms with van der Waals surface area (Å²) in [6.45, 7) is 0.474. The molecule has 0 saturated heterocycles. The van der Waals surface area contributed by atoms with Gasteiger partial charge in [0.05, 0.1) is 29.9 Å². The van der Waals surface area contributed by atoms with E-state index in [1.165, 1.54) is 38.5 Å². The fraction of sp³-hybridized carbons (Fsp3) is 0.235. The van der Waals surface area contributed by atoms with Crippen LogP contribution >= 0.6 is 15.9 Å². The van der Waals surface area contributed by atoms with Gasteiger partial charge in [-0.3, -0.25) is 4.72 Å². The minimum atomic E-state index is -4.00. The number of hydrogen-bond donors (Lipinski definition) is 2. The average molecular weight is 460 g/mol. The van der Waals surface area contributed by atoms with Crippen molar-refractivity contribution >= 4 is 37.6 Å². The number of halogens is 1. The van der Waals surface area contributed by atoms with Crippen LogP contribution < -0.4 is 14.2 Å². The molecule has 0 aromatic heterocycles. The van der Waals surface area contributed by atoms with Crippen molar-refractivity contribution in [3.8, 4) is 11.5 Å². The number of carbonyl (C=O) groups is 1. The Morgan fingerprint density at radius 1 is 1.11 bits per heavy atom. The van der Waals surface area contributed by atoms with E-state index in [-0.39, 0.29) is 34.3 Å². The van der Waals surface area contributed by atoms with E-state index in [0.29, 0.717) is 11.1 Å². The molecule has 0 aliphatic heterocycles. The zero-order valence-corrected chi connectivity index (χ0v) is 17.0. The molecule has 0 heterocycles. The summed E-state index contributed by atoms with van der Waals surface area (Å²) in [6.07, 6.45) is 0. The SMILES string of the molecule is COCCOc1cc(NS(=O)(=O)c2ccc(Br)cc2)c(C(=O)O)cc1OC. The van der Waals surface area contributed by atoms with Gasteiger partial charge in [-0.05, 0) is 24.3 Å². The summed E-state index contributed by atoms with van der Waals surface area (Å²) in [4.78, 5) is 11.6. The molecule has 8 nitrogen and oxygen atoms in total. The van der Waals surface area contributed by atoms with Crippen molar-refractivity contribution < 1.29 is 32.5 Å². The third-order valence-electron chi connectivity index (χ3n) is 3.45. The van der Waals surface area contributed by atoms with Crippen molar-refractivity contribution in [3.05, 3.63) is 46.4 Å². The second kappa shape index (κ2) is 9.07. The first kappa shape index (κ1) is 21.0. The molecule has 0 aliphatic rings. The molecule has 27 heavy (non-hydrogen) atoms. The van der Waals surface area contributed by atoms with Crippen molar-refractivity contribution in [3.63, 3.8) is 0 Å². The number of anilines is 1. The van der Waals surface area contributed by atoms with Crippen LogP contribution in [0, 0.1) is 0 Å². The Morgan fingerprint density at radius 3 is 2.33 bits per heavy atom. The molecule has 2 aromatic carbocycles. The molecule has 0 unspecified atom stereocenters. The van der Waals surface area contributed by atoms with Gasteiger partial charge in [0.1, 0.15) is 6.61 Å². The molecule has 0 fully saturated rings. The monoisotopic (exact) mass is 459 g/mol. The highest BCUT2D eigenvalue weighted by atomic mass is 79.9. The van der Waals surface area contributed by atoms with Crippen molar-refractivity contribution in [1.29, 1.82) is 0 Å². The van der Waals surface area contributed by atoms with Gasteiger partial charge in [-0.1, -0.05) is 15.9 Å². The minimum Gasteiger partial charge on any atom is -0.493 e. The van der Waals surface area contributed by atoms with E-state index in [4.69, 9.17) is 14.2 Å². The Bertz CT molecular complexity index is 914. The smallest absolute Gasteiger partial charge is 0.337 e. The number of rotatable bonds is 9. The van der Waals surface area contributed by atoms with E-state index < -0.39 is 16.0 Å². The first-order valence-corrected chi connectivity index (χ1v) is 9.91. The number of carboxylic acids is 1. The molecular weight excluding hydrogens is 442 g/mol. The van der Waals surface area contributed by atoms with Crippen LogP contribution in [-0.4, -0.2) is 46.9 Å². The number of nitrogens with one attached hydrogen (secondary N) is 1. The topological polar surface area (TPSA) is 111 Å². The molecule has 0 spiro atoms. The lowest BCUT2D eigenvalue weighted by Gasteiger charge is -2.16. The zero-order chi connectivity index (χ0) is 20.0. The number of ether oxygens (including phenoxy) is 3. The van der Waals surface area contributed by atoms with Gasteiger partial charge in [-0.2, -0.15) is 0 Å². The van der Waals surface area contributed by atoms with Gasteiger partial charge in [0.25, 0.3) is 10.0 Å². The lowest BCUT2D eigenvalue weighted by molar-refractivity contribution is 0.0697. The molecule has 0 amide bonds. The molecular formula is C17H18BrNO7S. The Hall–Kier alpha value is -2.30. The van der Waals surface area contributed by atoms with Crippen molar-refractivity contribution in [2.75, 3.05) is 32.2 Å². The minimum absolute atomic E-state index is 0.0142. The van der Waals surface area contributed by atoms with Crippen LogP contribution in [0.1, 0.15) is 10.4 Å². The summed E-state index contributed by atoms with van der Waals surface area (Å²) in [5, 5.41) is 9.44. The van der Waals surface area contributed by atoms with Crippen LogP contribution in [0.3, 0.4) is 0 Å². The van der Waals surface area contributed by atoms with E-state index in [1.54, 1.807) is 12.1 Å². The highest BCUT2D eigenvalue weighted by molar-refractivity contribution is 9.10. The molecule has 0 saturated carbocycles. The Morgan fingerprint density at radius 2 is 1.78 bits per heavy atom. The normalized spacial score (nSPS) is 11.1. The summed E-state index contributed by atoms with van der Waals surface area (Å²) in [5.41, 5.74) is -0.412. The second-order valence-electron chi connectivity index (χ2n) is 5.25. The quantitative estimate of drug-likeness (QED) is 0.554. The molecule has 2 rings (SSSR count). The number of sulfonamides is 1. The van der Waals surface area contributed by atoms with Gasteiger partial charge < -0.3 is 19.3 Å². The predicted molar refractivity (Wildman–Crippen MR) is 102 cm³/mol. The van der Waals surface area contributed by atoms with E-state index in [2.05, 4.69) is 20.7 Å². The number of benzene rings is 2. The molecule has 10 heteroatoms. The van der Waals surface area contributed by atoms with E-state index >= 15 is 0 Å². The molecule has 146 valence electrons. The molecule has 2 aromatic rings. The highest BCUT2D eigenvalue weighted by Gasteiger charge is 2.22. The van der Waals surface area contributed by atoms with Gasteiger partial charge in [0.15, 0.2) is 11.5 Å². The summed E-state index contributed by atoms with van der Waals surface area (Å²) in [6, 6.07) is 8.40. The summed E-state index contributed by atoms with van der Waals surface area (Å²) >= 11 is 3.23. The number of carboxylic acid groups (broad SMARTS) is 1. The molecule has 0 aliphatic carbocycles. The summed E-state index contributed by atoms with van der Waals surface area (Å²) in [5.74, 6) is -0.964. The maximum absolute atomic E-state index is 12.6. The highest BCUT2D eigenvalue weighted by Crippen LogP contribution is 2.34. The van der Waals surface area contributed by atoms with Crippen LogP contribution in [0.4, 0.5) is 5.69 Å². The summed E-state index contributed by atoms with van der Waals surface area (Å²) in [7, 11) is -1.14. The second-order valence-corrected chi connectivity index (χ2v) is 7.85. The molecule has 2 N–H and O–H groups in total. The van der Waals surface area contributed by atoms with Crippen LogP contribution in [0.15, 0.2) is 45.8 Å². The third kappa shape index (κ3) is 5.34. The Labute approximate surface area is 165 Å². The number of hydrogen-bond acceptors (Lipinski definition) is 6. The first-order valence-electron chi connectivity index (χ1n) is 7.64. The van der Waals surface area contributed by atoms with Crippen molar-refractivity contribution in [1.82, 2.24) is 0 Å².